The van der Waals surface area contributed by atoms with E-state index in [1.165, 1.54) is 0 Å². The highest BCUT2D eigenvalue weighted by molar-refractivity contribution is 9.09. The second kappa shape index (κ2) is 5.14. The van der Waals surface area contributed by atoms with Crippen LogP contribution in [0.2, 0.25) is 0 Å². The highest BCUT2D eigenvalue weighted by atomic mass is 79.9. The molecule has 60 valence electrons. The van der Waals surface area contributed by atoms with Crippen molar-refractivity contribution in [2.75, 3.05) is 0 Å². The van der Waals surface area contributed by atoms with Gasteiger partial charge in [0.1, 0.15) is 0 Å². The fourth-order valence-electron chi connectivity index (χ4n) is 0.742. The van der Waals surface area contributed by atoms with Gasteiger partial charge in [-0.25, -0.2) is 4.39 Å². The van der Waals surface area contributed by atoms with Crippen molar-refractivity contribution >= 4 is 27.5 Å². The number of alkyl halides is 2. The van der Waals surface area contributed by atoms with Crippen LogP contribution in [-0.2, 0) is 0 Å². The Balaban J connectivity index is 4.27. The molecule has 0 aromatic heterocycles. The molecule has 3 heteroatoms. The van der Waals surface area contributed by atoms with Crippen LogP contribution in [0.15, 0.2) is 10.6 Å². The highest BCUT2D eigenvalue weighted by Crippen LogP contribution is 2.24. The summed E-state index contributed by atoms with van der Waals surface area (Å²) in [5.41, 5.74) is 0.978. The number of allylic oxidation sites excluding steroid dienone is 2. The number of halogens is 3. The summed E-state index contributed by atoms with van der Waals surface area (Å²) >= 11 is 8.41. The van der Waals surface area contributed by atoms with E-state index in [0.717, 1.165) is 18.4 Å². The lowest BCUT2D eigenvalue weighted by Crippen LogP contribution is -1.92. The summed E-state index contributed by atoms with van der Waals surface area (Å²) in [7, 11) is 0. The Morgan fingerprint density at radius 2 is 1.90 bits per heavy atom. The van der Waals surface area contributed by atoms with Crippen LogP contribution in [0, 0.1) is 0 Å². The first kappa shape index (κ1) is 10.4. The van der Waals surface area contributed by atoms with E-state index in [9.17, 15) is 4.39 Å². The van der Waals surface area contributed by atoms with Crippen LogP contribution >= 0.6 is 27.5 Å². The topological polar surface area (TPSA) is 0 Å². The maximum absolute atomic E-state index is 12.4. The second-order valence-corrected chi connectivity index (χ2v) is 3.17. The van der Waals surface area contributed by atoms with Crippen molar-refractivity contribution in [2.24, 2.45) is 0 Å². The van der Waals surface area contributed by atoms with E-state index in [4.69, 9.17) is 11.6 Å². The third-order valence-corrected chi connectivity index (χ3v) is 2.56. The van der Waals surface area contributed by atoms with Crippen LogP contribution in [0.1, 0.15) is 26.7 Å². The third-order valence-electron chi connectivity index (χ3n) is 1.38. The highest BCUT2D eigenvalue weighted by Gasteiger charge is 2.09. The van der Waals surface area contributed by atoms with E-state index in [1.807, 2.05) is 13.8 Å². The molecule has 0 bridgehead atoms. The summed E-state index contributed by atoms with van der Waals surface area (Å²) in [6.45, 7) is 3.94. The summed E-state index contributed by atoms with van der Waals surface area (Å²) in [5.74, 6) is 0. The molecule has 0 nitrogen and oxygen atoms in total. The Bertz CT molecular complexity index is 126. The molecule has 0 fully saturated rings. The average molecular weight is 230 g/mol. The maximum Gasteiger partial charge on any atom is 0.190 e. The molecular weight excluding hydrogens is 218 g/mol. The standard InChI is InChI=1S/C7H11BrClF/c1-3-5(4-2)6(9)7(8)10/h7H,3-4H2,1-2H3. The van der Waals surface area contributed by atoms with E-state index in [-0.39, 0.29) is 0 Å². The molecule has 1 atom stereocenters. The molecule has 0 amide bonds. The van der Waals surface area contributed by atoms with Gasteiger partial charge in [-0.05, 0) is 28.8 Å². The molecule has 10 heavy (non-hydrogen) atoms. The summed E-state index contributed by atoms with van der Waals surface area (Å²) in [6, 6.07) is 0. The van der Waals surface area contributed by atoms with Crippen molar-refractivity contribution in [1.82, 2.24) is 0 Å². The average Bonchev–Trinajstić information content (AvgIpc) is 1.90. The summed E-state index contributed by atoms with van der Waals surface area (Å²) in [5, 5.41) is -0.880. The lowest BCUT2D eigenvalue weighted by Gasteiger charge is -2.04. The van der Waals surface area contributed by atoms with E-state index in [0.29, 0.717) is 5.03 Å². The molecule has 0 radical (unpaired) electrons. The zero-order valence-corrected chi connectivity index (χ0v) is 8.47. The van der Waals surface area contributed by atoms with Crippen molar-refractivity contribution in [1.29, 1.82) is 0 Å². The lowest BCUT2D eigenvalue weighted by atomic mass is 10.1. The summed E-state index contributed by atoms with van der Waals surface area (Å²) in [4.78, 5) is 0. The van der Waals surface area contributed by atoms with Crippen LogP contribution in [-0.4, -0.2) is 5.08 Å². The monoisotopic (exact) mass is 228 g/mol. The Kier molecular flexibility index (Phi) is 5.36. The van der Waals surface area contributed by atoms with Crippen molar-refractivity contribution in [3.05, 3.63) is 10.6 Å². The molecule has 0 heterocycles. The molecule has 0 saturated carbocycles. The quantitative estimate of drug-likeness (QED) is 0.642. The maximum atomic E-state index is 12.4. The molecule has 0 aromatic carbocycles. The van der Waals surface area contributed by atoms with Crippen LogP contribution in [0.5, 0.6) is 0 Å². The van der Waals surface area contributed by atoms with Gasteiger partial charge in [0.15, 0.2) is 5.08 Å². The Hall–Kier alpha value is 0.440. The van der Waals surface area contributed by atoms with Gasteiger partial charge in [0.2, 0.25) is 0 Å². The van der Waals surface area contributed by atoms with E-state index in [1.54, 1.807) is 0 Å². The Labute approximate surface area is 74.6 Å². The van der Waals surface area contributed by atoms with Crippen molar-refractivity contribution in [2.45, 2.75) is 31.8 Å². The van der Waals surface area contributed by atoms with Crippen molar-refractivity contribution in [3.8, 4) is 0 Å². The predicted molar refractivity (Wildman–Crippen MR) is 47.3 cm³/mol. The number of hydrogen-bond acceptors (Lipinski definition) is 0. The molecule has 0 aliphatic rings. The van der Waals surface area contributed by atoms with E-state index in [2.05, 4.69) is 15.9 Å². The third kappa shape index (κ3) is 3.02. The molecule has 0 spiro atoms. The molecular formula is C7H11BrClF. The normalized spacial score (nSPS) is 12.9. The minimum atomic E-state index is -1.19. The second-order valence-electron chi connectivity index (χ2n) is 1.96. The van der Waals surface area contributed by atoms with Gasteiger partial charge in [0.05, 0.1) is 5.03 Å². The molecule has 0 aromatic rings. The lowest BCUT2D eigenvalue weighted by molar-refractivity contribution is 0.518. The molecule has 0 saturated heterocycles. The smallest absolute Gasteiger partial charge is 0.190 e. The molecule has 0 aliphatic carbocycles. The van der Waals surface area contributed by atoms with Gasteiger partial charge in [-0.3, -0.25) is 0 Å². The minimum Gasteiger partial charge on any atom is -0.229 e. The molecule has 1 unspecified atom stereocenters. The first-order valence-corrected chi connectivity index (χ1v) is 4.58. The van der Waals surface area contributed by atoms with Gasteiger partial charge in [-0.2, -0.15) is 0 Å². The van der Waals surface area contributed by atoms with Crippen LogP contribution in [0.4, 0.5) is 4.39 Å². The van der Waals surface area contributed by atoms with Gasteiger partial charge in [-0.1, -0.05) is 31.0 Å². The molecule has 0 rings (SSSR count). The van der Waals surface area contributed by atoms with Gasteiger partial charge in [0.25, 0.3) is 0 Å². The Morgan fingerprint density at radius 3 is 2.00 bits per heavy atom. The fraction of sp³-hybridized carbons (Fsp3) is 0.714. The number of hydrogen-bond donors (Lipinski definition) is 0. The van der Waals surface area contributed by atoms with Crippen LogP contribution < -0.4 is 0 Å². The Morgan fingerprint density at radius 1 is 1.50 bits per heavy atom. The fourth-order valence-corrected chi connectivity index (χ4v) is 1.33. The van der Waals surface area contributed by atoms with Gasteiger partial charge < -0.3 is 0 Å². The first-order chi connectivity index (χ1) is 4.63. The van der Waals surface area contributed by atoms with Crippen molar-refractivity contribution < 1.29 is 4.39 Å². The van der Waals surface area contributed by atoms with Gasteiger partial charge >= 0.3 is 0 Å². The van der Waals surface area contributed by atoms with Crippen LogP contribution in [0.25, 0.3) is 0 Å². The van der Waals surface area contributed by atoms with Gasteiger partial charge in [-0.15, -0.1) is 0 Å². The van der Waals surface area contributed by atoms with Crippen molar-refractivity contribution in [3.63, 3.8) is 0 Å². The van der Waals surface area contributed by atoms with E-state index < -0.39 is 5.08 Å². The predicted octanol–water partition coefficient (Wildman–Crippen LogP) is 3.99. The minimum absolute atomic E-state index is 0.310. The van der Waals surface area contributed by atoms with Gasteiger partial charge in [0, 0.05) is 0 Å². The zero-order valence-electron chi connectivity index (χ0n) is 6.13. The van der Waals surface area contributed by atoms with Crippen LogP contribution in [0.3, 0.4) is 0 Å². The first-order valence-electron chi connectivity index (χ1n) is 3.29. The summed E-state index contributed by atoms with van der Waals surface area (Å²) in [6.07, 6.45) is 1.64. The van der Waals surface area contributed by atoms with E-state index >= 15 is 0 Å². The summed E-state index contributed by atoms with van der Waals surface area (Å²) < 4.78 is 12.4. The number of rotatable bonds is 3. The SMILES string of the molecule is CCC(CC)=C(Cl)C(F)Br. The zero-order chi connectivity index (χ0) is 8.15. The largest absolute Gasteiger partial charge is 0.229 e. The molecule has 0 N–H and O–H groups in total. The molecule has 0 aliphatic heterocycles.